The molecule has 12 heteroatoms. The van der Waals surface area contributed by atoms with Gasteiger partial charge in [0.25, 0.3) is 0 Å². The van der Waals surface area contributed by atoms with Crippen molar-refractivity contribution in [3.05, 3.63) is 56.5 Å². The van der Waals surface area contributed by atoms with Gasteiger partial charge in [-0.25, -0.2) is 0 Å². The Bertz CT molecular complexity index is 1290. The van der Waals surface area contributed by atoms with E-state index >= 15 is 0 Å². The van der Waals surface area contributed by atoms with Crippen molar-refractivity contribution in [1.82, 2.24) is 20.2 Å². The topological polar surface area (TPSA) is 110 Å². The Balaban J connectivity index is 1.66. The van der Waals surface area contributed by atoms with Gasteiger partial charge in [-0.15, -0.1) is 5.10 Å². The van der Waals surface area contributed by atoms with E-state index in [1.807, 2.05) is 0 Å². The van der Waals surface area contributed by atoms with E-state index in [0.717, 1.165) is 16.2 Å². The summed E-state index contributed by atoms with van der Waals surface area (Å²) in [4.78, 5) is 23.6. The van der Waals surface area contributed by atoms with Gasteiger partial charge in [0.1, 0.15) is 5.41 Å². The van der Waals surface area contributed by atoms with E-state index in [4.69, 9.17) is 28.3 Å². The Hall–Kier alpha value is -2.58. The number of halogens is 3. The number of carboxylic acid groups (broad SMARTS) is 1. The lowest BCUT2D eigenvalue weighted by Crippen LogP contribution is -2.21. The van der Waals surface area contributed by atoms with Crippen LogP contribution in [-0.2, 0) is 9.59 Å². The van der Waals surface area contributed by atoms with Gasteiger partial charge in [-0.2, -0.15) is 4.68 Å². The Morgan fingerprint density at radius 2 is 1.97 bits per heavy atom. The van der Waals surface area contributed by atoms with Crippen molar-refractivity contribution < 1.29 is 14.7 Å². The molecule has 0 radical (unpaired) electrons. The van der Waals surface area contributed by atoms with Gasteiger partial charge in [-0.3, -0.25) is 9.59 Å². The zero-order chi connectivity index (χ0) is 24.2. The van der Waals surface area contributed by atoms with Gasteiger partial charge in [0, 0.05) is 10.0 Å². The summed E-state index contributed by atoms with van der Waals surface area (Å²) < 4.78 is 2.25. The first-order valence-electron chi connectivity index (χ1n) is 9.29. The summed E-state index contributed by atoms with van der Waals surface area (Å²) in [6.07, 6.45) is 0. The third kappa shape index (κ3) is 6.48. The second kappa shape index (κ2) is 10.6. The van der Waals surface area contributed by atoms with E-state index in [0.29, 0.717) is 27.1 Å². The maximum absolute atomic E-state index is 12.5. The molecule has 0 saturated carbocycles. The minimum absolute atomic E-state index is 0.0245. The molecule has 2 N–H and O–H groups in total. The number of rotatable bonds is 6. The summed E-state index contributed by atoms with van der Waals surface area (Å²) in [5.41, 5.74) is 0.322. The summed E-state index contributed by atoms with van der Waals surface area (Å²) in [6.45, 7) is 3.02. The molecule has 0 aliphatic heterocycles. The molecule has 33 heavy (non-hydrogen) atoms. The van der Waals surface area contributed by atoms with Gasteiger partial charge in [0.2, 0.25) is 11.1 Å². The smallest absolute Gasteiger partial charge is 0.321 e. The van der Waals surface area contributed by atoms with Crippen molar-refractivity contribution >= 4 is 68.5 Å². The number of benzene rings is 2. The largest absolute Gasteiger partial charge is 0.480 e. The lowest BCUT2D eigenvalue weighted by atomic mass is 9.94. The summed E-state index contributed by atoms with van der Waals surface area (Å²) in [7, 11) is 0. The molecule has 1 aromatic heterocycles. The molecule has 3 rings (SSSR count). The van der Waals surface area contributed by atoms with E-state index in [2.05, 4.69) is 48.6 Å². The van der Waals surface area contributed by atoms with Crippen LogP contribution in [0.1, 0.15) is 19.4 Å². The number of anilines is 1. The lowest BCUT2D eigenvalue weighted by Gasteiger charge is -2.10. The molecule has 170 valence electrons. The van der Waals surface area contributed by atoms with Gasteiger partial charge in [-0.05, 0) is 60.7 Å². The van der Waals surface area contributed by atoms with Crippen LogP contribution in [0.5, 0.6) is 0 Å². The number of carbonyl (C=O) groups excluding carboxylic acids is 1. The van der Waals surface area contributed by atoms with Crippen molar-refractivity contribution in [2.75, 3.05) is 11.1 Å². The number of nitrogens with zero attached hydrogens (tertiary/aromatic N) is 4. The molecule has 2 aromatic carbocycles. The molecule has 0 aliphatic rings. The Morgan fingerprint density at radius 3 is 2.67 bits per heavy atom. The third-order valence-corrected chi connectivity index (χ3v) is 6.25. The maximum Gasteiger partial charge on any atom is 0.321 e. The molecule has 0 spiro atoms. The minimum atomic E-state index is -1.19. The van der Waals surface area contributed by atoms with Gasteiger partial charge in [0.15, 0.2) is 0 Å². The zero-order valence-corrected chi connectivity index (χ0v) is 21.2. The number of carboxylic acids is 1. The second-order valence-corrected chi connectivity index (χ2v) is 9.85. The number of amides is 1. The number of aromatic nitrogens is 4. The predicted octanol–water partition coefficient (Wildman–Crippen LogP) is 4.92. The molecular weight excluding hydrogens is 553 g/mol. The molecule has 1 heterocycles. The summed E-state index contributed by atoms with van der Waals surface area (Å²) in [6, 6.07) is 10.1. The van der Waals surface area contributed by atoms with Gasteiger partial charge >= 0.3 is 5.97 Å². The zero-order valence-electron chi connectivity index (χ0n) is 17.3. The number of carbonyl (C=O) groups is 2. The first-order chi connectivity index (χ1) is 15.6. The predicted molar refractivity (Wildman–Crippen MR) is 131 cm³/mol. The summed E-state index contributed by atoms with van der Waals surface area (Å²) in [5, 5.41) is 24.6. The van der Waals surface area contributed by atoms with Crippen LogP contribution in [0.15, 0.2) is 46.0 Å². The highest BCUT2D eigenvalue weighted by Gasteiger charge is 2.24. The molecule has 0 aliphatic carbocycles. The Kier molecular flexibility index (Phi) is 8.02. The number of hydrogen-bond donors (Lipinski definition) is 2. The molecule has 3 aromatic rings. The number of aliphatic carboxylic acids is 1. The van der Waals surface area contributed by atoms with Crippen molar-refractivity contribution in [2.24, 2.45) is 5.41 Å². The molecule has 8 nitrogen and oxygen atoms in total. The van der Waals surface area contributed by atoms with E-state index in [1.165, 1.54) is 18.5 Å². The highest BCUT2D eigenvalue weighted by atomic mass is 79.9. The fourth-order valence-electron chi connectivity index (χ4n) is 2.36. The van der Waals surface area contributed by atoms with Crippen LogP contribution in [0, 0.1) is 17.3 Å². The maximum atomic E-state index is 12.5. The Morgan fingerprint density at radius 1 is 1.21 bits per heavy atom. The molecular formula is C21H16BrCl2N5O3S. The molecule has 0 saturated heterocycles. The average molecular weight is 569 g/mol. The Labute approximate surface area is 212 Å². The van der Waals surface area contributed by atoms with Crippen LogP contribution < -0.4 is 5.32 Å². The molecule has 1 amide bonds. The molecule has 0 unspecified atom stereocenters. The van der Waals surface area contributed by atoms with E-state index in [1.54, 1.807) is 36.4 Å². The number of tetrazole rings is 1. The van der Waals surface area contributed by atoms with Gasteiger partial charge < -0.3 is 10.4 Å². The number of hydrogen-bond acceptors (Lipinski definition) is 6. The van der Waals surface area contributed by atoms with Crippen LogP contribution in [0.3, 0.4) is 0 Å². The number of thioether (sulfide) groups is 1. The fraction of sp³-hybridized carbons (Fsp3) is 0.190. The first-order valence-corrected chi connectivity index (χ1v) is 11.8. The van der Waals surface area contributed by atoms with Crippen LogP contribution >= 0.6 is 50.9 Å². The van der Waals surface area contributed by atoms with E-state index < -0.39 is 11.4 Å². The lowest BCUT2D eigenvalue weighted by molar-refractivity contribution is -0.143. The average Bonchev–Trinajstić information content (AvgIpc) is 3.22. The molecule has 0 atom stereocenters. The molecule has 0 bridgehead atoms. The second-order valence-electron chi connectivity index (χ2n) is 7.18. The SMILES string of the molecule is CC(C)(C#Cc1ccc(NC(=O)CSc2nnnn2-c2cc(Br)ccc2Cl)c(Cl)c1)C(=O)O. The highest BCUT2D eigenvalue weighted by molar-refractivity contribution is 9.10. The van der Waals surface area contributed by atoms with Crippen LogP contribution in [-0.4, -0.2) is 42.9 Å². The summed E-state index contributed by atoms with van der Waals surface area (Å²) >= 11 is 17.0. The quantitative estimate of drug-likeness (QED) is 0.320. The monoisotopic (exact) mass is 567 g/mol. The molecule has 0 fully saturated rings. The van der Waals surface area contributed by atoms with Crippen molar-refractivity contribution in [3.8, 4) is 17.5 Å². The van der Waals surface area contributed by atoms with Crippen LogP contribution in [0.2, 0.25) is 10.0 Å². The highest BCUT2D eigenvalue weighted by Crippen LogP contribution is 2.28. The third-order valence-electron chi connectivity index (χ3n) is 4.21. The normalized spacial score (nSPS) is 10.9. The fourth-order valence-corrected chi connectivity index (χ4v) is 3.82. The minimum Gasteiger partial charge on any atom is -0.480 e. The van der Waals surface area contributed by atoms with Crippen LogP contribution in [0.4, 0.5) is 5.69 Å². The van der Waals surface area contributed by atoms with E-state index in [9.17, 15) is 9.59 Å². The number of nitrogens with one attached hydrogen (secondary N) is 1. The van der Waals surface area contributed by atoms with E-state index in [-0.39, 0.29) is 16.7 Å². The first kappa shape index (κ1) is 25.1. The van der Waals surface area contributed by atoms with Gasteiger partial charge in [-0.1, -0.05) is 62.7 Å². The standard InChI is InChI=1S/C21H16BrCl2N5O3S/c1-21(2,19(31)32)8-7-12-3-6-16(15(24)9-12)25-18(30)11-33-20-26-27-28-29(20)17-10-13(22)4-5-14(17)23/h3-6,9-10H,11H2,1-2H3,(H,25,30)(H,31,32). The summed E-state index contributed by atoms with van der Waals surface area (Å²) in [5.74, 6) is 4.17. The van der Waals surface area contributed by atoms with Crippen molar-refractivity contribution in [1.29, 1.82) is 0 Å². The van der Waals surface area contributed by atoms with Crippen molar-refractivity contribution in [3.63, 3.8) is 0 Å². The van der Waals surface area contributed by atoms with Crippen LogP contribution in [0.25, 0.3) is 5.69 Å². The van der Waals surface area contributed by atoms with Gasteiger partial charge in [0.05, 0.1) is 27.2 Å². The van der Waals surface area contributed by atoms with Crippen molar-refractivity contribution in [2.45, 2.75) is 19.0 Å².